The van der Waals surface area contributed by atoms with Crippen molar-refractivity contribution in [3.63, 3.8) is 0 Å². The Bertz CT molecular complexity index is 285. The molecule has 64 valence electrons. The monoisotopic (exact) mass is 202 g/mol. The Morgan fingerprint density at radius 3 is 3.42 bits per heavy atom. The minimum Gasteiger partial charge on any atom is -0.444 e. The van der Waals surface area contributed by atoms with Crippen molar-refractivity contribution in [3.05, 3.63) is 22.8 Å². The zero-order chi connectivity index (χ0) is 8.39. The van der Waals surface area contributed by atoms with Crippen LogP contribution < -0.4 is 4.83 Å². The molecule has 0 saturated carbocycles. The number of halogens is 1. The molecule has 0 radical (unpaired) electrons. The van der Waals surface area contributed by atoms with E-state index in [0.717, 1.165) is 16.9 Å². The standard InChI is InChI=1S/C7H7ClN2OS/c8-2-1-5-3-6-7(11-4-5)9-10-12-6/h3-4,10H,1-2H2. The van der Waals surface area contributed by atoms with Crippen molar-refractivity contribution < 1.29 is 4.74 Å². The molecule has 0 bridgehead atoms. The van der Waals surface area contributed by atoms with Crippen LogP contribution in [0.3, 0.4) is 0 Å². The van der Waals surface area contributed by atoms with Crippen molar-refractivity contribution in [2.75, 3.05) is 5.88 Å². The van der Waals surface area contributed by atoms with Crippen LogP contribution >= 0.6 is 23.5 Å². The van der Waals surface area contributed by atoms with Crippen LogP contribution in [0, 0.1) is 0 Å². The lowest BCUT2D eigenvalue weighted by Crippen LogP contribution is -2.04. The lowest BCUT2D eigenvalue weighted by atomic mass is 10.2. The molecule has 0 spiro atoms. The molecule has 2 aliphatic heterocycles. The molecular formula is C7H7ClN2OS. The topological polar surface area (TPSA) is 33.6 Å². The molecule has 0 fully saturated rings. The van der Waals surface area contributed by atoms with Crippen LogP contribution in [0.25, 0.3) is 0 Å². The first kappa shape index (κ1) is 8.01. The number of hydrazone groups is 1. The van der Waals surface area contributed by atoms with Gasteiger partial charge in [0.15, 0.2) is 0 Å². The summed E-state index contributed by atoms with van der Waals surface area (Å²) in [5.74, 6) is 1.27. The van der Waals surface area contributed by atoms with Gasteiger partial charge in [-0.3, -0.25) is 0 Å². The normalized spacial score (nSPS) is 19.9. The summed E-state index contributed by atoms with van der Waals surface area (Å²) in [5, 5.41) is 3.91. The van der Waals surface area contributed by atoms with Crippen molar-refractivity contribution >= 4 is 29.4 Å². The molecule has 3 nitrogen and oxygen atoms in total. The Hall–Kier alpha value is -0.610. The first-order valence-electron chi connectivity index (χ1n) is 3.53. The van der Waals surface area contributed by atoms with Gasteiger partial charge in [0, 0.05) is 17.8 Å². The minimum absolute atomic E-state index is 0.615. The molecule has 1 N–H and O–H groups in total. The Labute approximate surface area is 79.6 Å². The summed E-state index contributed by atoms with van der Waals surface area (Å²) >= 11 is 7.05. The maximum absolute atomic E-state index is 5.60. The van der Waals surface area contributed by atoms with Crippen molar-refractivity contribution in [2.45, 2.75) is 6.42 Å². The molecule has 0 aliphatic carbocycles. The molecule has 0 amide bonds. The van der Waals surface area contributed by atoms with Crippen LogP contribution in [0.2, 0.25) is 0 Å². The van der Waals surface area contributed by atoms with Crippen LogP contribution in [-0.2, 0) is 4.74 Å². The SMILES string of the molecule is ClCCC1=COC2=NNSC2=C1. The van der Waals surface area contributed by atoms with Crippen molar-refractivity contribution in [1.29, 1.82) is 0 Å². The van der Waals surface area contributed by atoms with E-state index < -0.39 is 0 Å². The Morgan fingerprint density at radius 1 is 1.67 bits per heavy atom. The Balaban J connectivity index is 2.14. The third-order valence-corrected chi connectivity index (χ3v) is 2.42. The molecule has 2 heterocycles. The Kier molecular flexibility index (Phi) is 2.28. The van der Waals surface area contributed by atoms with Crippen LogP contribution in [0.5, 0.6) is 0 Å². The zero-order valence-corrected chi connectivity index (χ0v) is 7.78. The number of hydrogen-bond acceptors (Lipinski definition) is 4. The third kappa shape index (κ3) is 1.44. The predicted molar refractivity (Wildman–Crippen MR) is 50.7 cm³/mol. The van der Waals surface area contributed by atoms with E-state index in [1.807, 2.05) is 6.08 Å². The van der Waals surface area contributed by atoms with Crippen LogP contribution in [0.15, 0.2) is 27.9 Å². The van der Waals surface area contributed by atoms with Gasteiger partial charge < -0.3 is 4.74 Å². The van der Waals surface area contributed by atoms with E-state index in [-0.39, 0.29) is 0 Å². The first-order valence-corrected chi connectivity index (χ1v) is 4.88. The van der Waals surface area contributed by atoms with Gasteiger partial charge in [-0.2, -0.15) is 0 Å². The minimum atomic E-state index is 0.615. The summed E-state index contributed by atoms with van der Waals surface area (Å²) in [6.07, 6.45) is 4.56. The quantitative estimate of drug-likeness (QED) is 0.549. The fourth-order valence-corrected chi connectivity index (χ4v) is 1.80. The second-order valence-corrected chi connectivity index (χ2v) is 3.57. The maximum atomic E-state index is 5.60. The smallest absolute Gasteiger partial charge is 0.252 e. The first-order chi connectivity index (χ1) is 5.90. The van der Waals surface area contributed by atoms with Gasteiger partial charge in [0.25, 0.3) is 5.90 Å². The molecular weight excluding hydrogens is 196 g/mol. The van der Waals surface area contributed by atoms with Gasteiger partial charge in [-0.05, 0) is 18.1 Å². The summed E-state index contributed by atoms with van der Waals surface area (Å²) < 4.78 is 5.24. The largest absolute Gasteiger partial charge is 0.444 e. The molecule has 0 aromatic carbocycles. The summed E-state index contributed by atoms with van der Waals surface area (Å²) in [6.45, 7) is 0. The van der Waals surface area contributed by atoms with Gasteiger partial charge in [-0.25, -0.2) is 4.83 Å². The lowest BCUT2D eigenvalue weighted by Gasteiger charge is -2.08. The number of nitrogens with one attached hydrogen (secondary N) is 1. The molecule has 0 aromatic rings. The van der Waals surface area contributed by atoms with E-state index in [1.165, 1.54) is 11.9 Å². The number of fused-ring (bicyclic) bond motifs is 1. The number of allylic oxidation sites excluding steroid dienone is 2. The Morgan fingerprint density at radius 2 is 2.58 bits per heavy atom. The molecule has 0 aromatic heterocycles. The second kappa shape index (κ2) is 3.41. The van der Waals surface area contributed by atoms with E-state index >= 15 is 0 Å². The highest BCUT2D eigenvalue weighted by Gasteiger charge is 2.19. The molecule has 5 heteroatoms. The molecule has 2 rings (SSSR count). The van der Waals surface area contributed by atoms with Crippen molar-refractivity contribution in [3.8, 4) is 0 Å². The fraction of sp³-hybridized carbons (Fsp3) is 0.286. The van der Waals surface area contributed by atoms with Gasteiger partial charge in [-0.1, -0.05) is 0 Å². The van der Waals surface area contributed by atoms with Gasteiger partial charge >= 0.3 is 0 Å². The highest BCUT2D eigenvalue weighted by atomic mass is 35.5. The highest BCUT2D eigenvalue weighted by molar-refractivity contribution is 8.02. The summed E-state index contributed by atoms with van der Waals surface area (Å²) in [6, 6.07) is 0. The second-order valence-electron chi connectivity index (χ2n) is 2.37. The molecule has 0 saturated heterocycles. The summed E-state index contributed by atoms with van der Waals surface area (Å²) in [4.78, 5) is 3.80. The number of rotatable bonds is 2. The van der Waals surface area contributed by atoms with Gasteiger partial charge in [0.05, 0.1) is 11.2 Å². The van der Waals surface area contributed by atoms with Crippen LogP contribution in [-0.4, -0.2) is 11.8 Å². The summed E-state index contributed by atoms with van der Waals surface area (Å²) in [5.41, 5.74) is 1.11. The van der Waals surface area contributed by atoms with E-state index in [2.05, 4.69) is 9.93 Å². The maximum Gasteiger partial charge on any atom is 0.252 e. The van der Waals surface area contributed by atoms with Crippen LogP contribution in [0.4, 0.5) is 0 Å². The number of hydrogen-bond donors (Lipinski definition) is 1. The fourth-order valence-electron chi connectivity index (χ4n) is 0.962. The number of ether oxygens (including phenoxy) is 1. The van der Waals surface area contributed by atoms with Gasteiger partial charge in [0.2, 0.25) is 0 Å². The van der Waals surface area contributed by atoms with E-state index in [9.17, 15) is 0 Å². The molecule has 12 heavy (non-hydrogen) atoms. The van der Waals surface area contributed by atoms with E-state index in [4.69, 9.17) is 16.3 Å². The third-order valence-electron chi connectivity index (χ3n) is 1.54. The molecule has 2 aliphatic rings. The average molecular weight is 203 g/mol. The zero-order valence-electron chi connectivity index (χ0n) is 6.21. The average Bonchev–Trinajstić information content (AvgIpc) is 2.51. The highest BCUT2D eigenvalue weighted by Crippen LogP contribution is 2.27. The van der Waals surface area contributed by atoms with Crippen LogP contribution in [0.1, 0.15) is 6.42 Å². The number of alkyl halides is 1. The van der Waals surface area contributed by atoms with Crippen molar-refractivity contribution in [1.82, 2.24) is 4.83 Å². The van der Waals surface area contributed by atoms with E-state index in [1.54, 1.807) is 6.26 Å². The van der Waals surface area contributed by atoms with Gasteiger partial charge in [-0.15, -0.1) is 16.7 Å². The van der Waals surface area contributed by atoms with Gasteiger partial charge in [0.1, 0.15) is 0 Å². The number of nitrogens with zero attached hydrogens (tertiary/aromatic N) is 1. The lowest BCUT2D eigenvalue weighted by molar-refractivity contribution is 0.463. The summed E-state index contributed by atoms with van der Waals surface area (Å²) in [7, 11) is 0. The van der Waals surface area contributed by atoms with Crippen molar-refractivity contribution in [2.24, 2.45) is 5.10 Å². The predicted octanol–water partition coefficient (Wildman–Crippen LogP) is 1.98. The van der Waals surface area contributed by atoms with E-state index in [0.29, 0.717) is 11.8 Å². The molecule has 0 unspecified atom stereocenters. The molecule has 0 atom stereocenters.